The summed E-state index contributed by atoms with van der Waals surface area (Å²) in [7, 11) is 0. The van der Waals surface area contributed by atoms with Crippen LogP contribution in [0.15, 0.2) is 18.2 Å². The van der Waals surface area contributed by atoms with E-state index >= 15 is 0 Å². The molecule has 0 heterocycles. The van der Waals surface area contributed by atoms with Crippen molar-refractivity contribution in [2.45, 2.75) is 46.6 Å². The fraction of sp³-hybridized carbons (Fsp3) is 0.588. The summed E-state index contributed by atoms with van der Waals surface area (Å²) in [5.41, 5.74) is 0.459. The van der Waals surface area contributed by atoms with Crippen LogP contribution in [0.4, 0.5) is 4.39 Å². The second-order valence-electron chi connectivity index (χ2n) is 5.96. The monoisotopic (exact) mass is 292 g/mol. The molecular weight excluding hydrogens is 267 g/mol. The van der Waals surface area contributed by atoms with E-state index < -0.39 is 5.41 Å². The highest BCUT2D eigenvalue weighted by atomic mass is 19.1. The minimum Gasteiger partial charge on any atom is -0.490 e. The molecule has 0 aliphatic rings. The molecule has 0 saturated heterocycles. The lowest BCUT2D eigenvalue weighted by Gasteiger charge is -2.17. The third-order valence-corrected chi connectivity index (χ3v) is 3.44. The first-order valence-electron chi connectivity index (χ1n) is 7.46. The van der Waals surface area contributed by atoms with Crippen LogP contribution in [0.3, 0.4) is 0 Å². The Bertz CT molecular complexity index is 494. The van der Waals surface area contributed by atoms with Crippen molar-refractivity contribution in [1.29, 1.82) is 5.26 Å². The normalized spacial score (nSPS) is 12.8. The fourth-order valence-corrected chi connectivity index (χ4v) is 1.85. The van der Waals surface area contributed by atoms with Gasteiger partial charge in [0.05, 0.1) is 18.1 Å². The molecule has 1 atom stereocenters. The Morgan fingerprint density at radius 3 is 2.71 bits per heavy atom. The Morgan fingerprint density at radius 1 is 1.43 bits per heavy atom. The van der Waals surface area contributed by atoms with Gasteiger partial charge >= 0.3 is 0 Å². The van der Waals surface area contributed by atoms with Crippen molar-refractivity contribution in [3.05, 3.63) is 29.6 Å². The molecule has 3 nitrogen and oxygen atoms in total. The van der Waals surface area contributed by atoms with Crippen LogP contribution in [0, 0.1) is 22.6 Å². The van der Waals surface area contributed by atoms with Gasteiger partial charge < -0.3 is 10.1 Å². The molecule has 21 heavy (non-hydrogen) atoms. The van der Waals surface area contributed by atoms with Crippen LogP contribution in [0.1, 0.15) is 52.1 Å². The quantitative estimate of drug-likeness (QED) is 0.781. The third-order valence-electron chi connectivity index (χ3n) is 3.44. The highest BCUT2D eigenvalue weighted by Gasteiger charge is 2.17. The maximum atomic E-state index is 14.0. The van der Waals surface area contributed by atoms with Crippen molar-refractivity contribution in [2.75, 3.05) is 13.2 Å². The summed E-state index contributed by atoms with van der Waals surface area (Å²) in [5, 5.41) is 12.2. The summed E-state index contributed by atoms with van der Waals surface area (Å²) >= 11 is 0. The minimum atomic E-state index is -0.449. The molecule has 0 spiro atoms. The molecule has 116 valence electrons. The average molecular weight is 292 g/mol. The van der Waals surface area contributed by atoms with E-state index in [1.807, 2.05) is 26.8 Å². The number of hydrogen-bond acceptors (Lipinski definition) is 3. The first kappa shape index (κ1) is 17.5. The van der Waals surface area contributed by atoms with Gasteiger partial charge in [-0.15, -0.1) is 0 Å². The smallest absolute Gasteiger partial charge is 0.165 e. The Hall–Kier alpha value is -1.60. The predicted octanol–water partition coefficient (Wildman–Crippen LogP) is 4.20. The van der Waals surface area contributed by atoms with Gasteiger partial charge in [0.1, 0.15) is 0 Å². The molecule has 1 aromatic rings. The van der Waals surface area contributed by atoms with Crippen LogP contribution in [0.2, 0.25) is 0 Å². The molecule has 0 amide bonds. The highest BCUT2D eigenvalue weighted by Crippen LogP contribution is 2.24. The van der Waals surface area contributed by atoms with Crippen molar-refractivity contribution < 1.29 is 9.13 Å². The van der Waals surface area contributed by atoms with Gasteiger partial charge in [-0.1, -0.05) is 13.0 Å². The van der Waals surface area contributed by atoms with E-state index in [1.165, 1.54) is 6.07 Å². The Kier molecular flexibility index (Phi) is 6.64. The number of nitrogens with zero attached hydrogens (tertiary/aromatic N) is 1. The Labute approximate surface area is 127 Å². The zero-order valence-electron chi connectivity index (χ0n) is 13.4. The molecule has 0 saturated carbocycles. The Morgan fingerprint density at radius 2 is 2.14 bits per heavy atom. The van der Waals surface area contributed by atoms with Crippen LogP contribution in [-0.2, 0) is 0 Å². The maximum absolute atomic E-state index is 14.0. The second-order valence-corrected chi connectivity index (χ2v) is 5.96. The molecule has 1 unspecified atom stereocenters. The molecule has 0 bridgehead atoms. The summed E-state index contributed by atoms with van der Waals surface area (Å²) in [4.78, 5) is 0. The van der Waals surface area contributed by atoms with Crippen molar-refractivity contribution in [1.82, 2.24) is 5.32 Å². The molecule has 0 aliphatic heterocycles. The number of halogens is 1. The number of benzene rings is 1. The van der Waals surface area contributed by atoms with Crippen molar-refractivity contribution in [3.63, 3.8) is 0 Å². The number of rotatable bonds is 8. The van der Waals surface area contributed by atoms with Gasteiger partial charge in [0, 0.05) is 6.04 Å². The Balaban J connectivity index is 2.60. The third kappa shape index (κ3) is 5.73. The standard InChI is InChI=1S/C17H25FN2O/c1-5-9-20-13(2)14-6-7-16(15(18)11-14)21-10-8-17(3,4)12-19/h6-7,11,13,20H,5,8-10H2,1-4H3. The largest absolute Gasteiger partial charge is 0.490 e. The zero-order valence-corrected chi connectivity index (χ0v) is 13.4. The van der Waals surface area contributed by atoms with E-state index in [9.17, 15) is 4.39 Å². The molecule has 1 aromatic carbocycles. The van der Waals surface area contributed by atoms with Crippen LogP contribution >= 0.6 is 0 Å². The molecule has 0 aliphatic carbocycles. The number of hydrogen-bond donors (Lipinski definition) is 1. The van der Waals surface area contributed by atoms with Crippen LogP contribution in [-0.4, -0.2) is 13.2 Å². The highest BCUT2D eigenvalue weighted by molar-refractivity contribution is 5.30. The van der Waals surface area contributed by atoms with Gasteiger partial charge in [0.25, 0.3) is 0 Å². The van der Waals surface area contributed by atoms with Gasteiger partial charge in [0.15, 0.2) is 11.6 Å². The average Bonchev–Trinajstić information content (AvgIpc) is 2.46. The molecule has 0 radical (unpaired) electrons. The molecule has 0 fully saturated rings. The summed E-state index contributed by atoms with van der Waals surface area (Å²) in [6.45, 7) is 9.04. The topological polar surface area (TPSA) is 45.0 Å². The van der Waals surface area contributed by atoms with Gasteiger partial charge in [-0.25, -0.2) is 4.39 Å². The van der Waals surface area contributed by atoms with Crippen molar-refractivity contribution in [2.24, 2.45) is 5.41 Å². The molecule has 4 heteroatoms. The van der Waals surface area contributed by atoms with Crippen molar-refractivity contribution >= 4 is 0 Å². The number of ether oxygens (including phenoxy) is 1. The van der Waals surface area contributed by atoms with E-state index in [0.29, 0.717) is 13.0 Å². The lowest BCUT2D eigenvalue weighted by atomic mass is 9.92. The lowest BCUT2D eigenvalue weighted by molar-refractivity contribution is 0.254. The summed E-state index contributed by atoms with van der Waals surface area (Å²) in [5.74, 6) is -0.109. The number of nitrogens with one attached hydrogen (secondary N) is 1. The summed E-state index contributed by atoms with van der Waals surface area (Å²) in [6.07, 6.45) is 1.61. The van der Waals surface area contributed by atoms with Gasteiger partial charge in [-0.3, -0.25) is 0 Å². The first-order valence-corrected chi connectivity index (χ1v) is 7.46. The van der Waals surface area contributed by atoms with Crippen LogP contribution < -0.4 is 10.1 Å². The van der Waals surface area contributed by atoms with E-state index in [0.717, 1.165) is 18.5 Å². The van der Waals surface area contributed by atoms with Crippen LogP contribution in [0.25, 0.3) is 0 Å². The van der Waals surface area contributed by atoms with E-state index in [4.69, 9.17) is 10.00 Å². The van der Waals surface area contributed by atoms with E-state index in [2.05, 4.69) is 18.3 Å². The van der Waals surface area contributed by atoms with Gasteiger partial charge in [0.2, 0.25) is 0 Å². The minimum absolute atomic E-state index is 0.117. The number of nitriles is 1. The summed E-state index contributed by atoms with van der Waals surface area (Å²) in [6, 6.07) is 7.37. The second kappa shape index (κ2) is 7.99. The lowest BCUT2D eigenvalue weighted by Crippen LogP contribution is -2.19. The molecular formula is C17H25FN2O. The maximum Gasteiger partial charge on any atom is 0.165 e. The zero-order chi connectivity index (χ0) is 15.9. The SMILES string of the molecule is CCCNC(C)c1ccc(OCCC(C)(C)C#N)c(F)c1. The van der Waals surface area contributed by atoms with E-state index in [1.54, 1.807) is 6.07 Å². The molecule has 1 rings (SSSR count). The van der Waals surface area contributed by atoms with Crippen molar-refractivity contribution in [3.8, 4) is 11.8 Å². The fourth-order valence-electron chi connectivity index (χ4n) is 1.85. The predicted molar refractivity (Wildman–Crippen MR) is 82.6 cm³/mol. The molecule has 0 aromatic heterocycles. The summed E-state index contributed by atoms with van der Waals surface area (Å²) < 4.78 is 19.5. The van der Waals surface area contributed by atoms with Gasteiger partial charge in [-0.2, -0.15) is 5.26 Å². The first-order chi connectivity index (χ1) is 9.89. The van der Waals surface area contributed by atoms with Gasteiger partial charge in [-0.05, 0) is 57.9 Å². The van der Waals surface area contributed by atoms with E-state index in [-0.39, 0.29) is 17.6 Å². The molecule has 1 N–H and O–H groups in total. The van der Waals surface area contributed by atoms with Crippen LogP contribution in [0.5, 0.6) is 5.75 Å².